The number of benzene rings is 3. The molecule has 3 nitrogen and oxygen atoms in total. The van der Waals surface area contributed by atoms with Gasteiger partial charge in [-0.1, -0.05) is 246 Å². The molecule has 1 aliphatic carbocycles. The zero-order valence-electron chi connectivity index (χ0n) is 49.2. The average molecular weight is 1060 g/mol. The number of halogens is 5. The van der Waals surface area contributed by atoms with Crippen LogP contribution >= 0.6 is 0 Å². The maximum atomic E-state index is 16.2. The third-order valence-corrected chi connectivity index (χ3v) is 16.3. The van der Waals surface area contributed by atoms with Crippen molar-refractivity contribution in [1.29, 1.82) is 0 Å². The maximum Gasteiger partial charge on any atom is 0.203 e. The number of fused-ring (bicyclic) bond motifs is 2. The molecule has 0 N–H and O–H groups in total. The maximum absolute atomic E-state index is 16.2. The number of hydrogen-bond acceptors (Lipinski definition) is 2. The van der Waals surface area contributed by atoms with Crippen LogP contribution in [0.15, 0.2) is 34.7 Å². The van der Waals surface area contributed by atoms with Crippen LogP contribution in [-0.2, 0) is 0 Å². The van der Waals surface area contributed by atoms with Crippen LogP contribution in [0.5, 0.6) is 0 Å². The normalized spacial score (nSPS) is 11.8. The van der Waals surface area contributed by atoms with Gasteiger partial charge < -0.3 is 9.32 Å². The highest BCUT2D eigenvalue weighted by Gasteiger charge is 2.31. The Morgan fingerprint density at radius 2 is 0.724 bits per heavy atom. The van der Waals surface area contributed by atoms with E-state index in [1.54, 1.807) is 6.07 Å². The van der Waals surface area contributed by atoms with E-state index in [-0.39, 0.29) is 5.56 Å². The average Bonchev–Trinajstić information content (AvgIpc) is 3.47. The molecule has 8 heteroatoms. The predicted octanol–water partition coefficient (Wildman–Crippen LogP) is 22.5. The molecule has 0 aromatic heterocycles. The van der Waals surface area contributed by atoms with E-state index in [1.807, 2.05) is 31.2 Å². The van der Waals surface area contributed by atoms with E-state index in [0.29, 0.717) is 22.3 Å². The molecule has 0 unspecified atom stereocenters. The van der Waals surface area contributed by atoms with E-state index in [4.69, 9.17) is 4.42 Å². The van der Waals surface area contributed by atoms with Gasteiger partial charge in [-0.2, -0.15) is 0 Å². The number of nitrogens with zero attached hydrogens (tertiary/aromatic N) is 2. The van der Waals surface area contributed by atoms with Crippen LogP contribution in [0.3, 0.4) is 0 Å². The number of hydrogen-bond donors (Lipinski definition) is 0. The van der Waals surface area contributed by atoms with Gasteiger partial charge in [-0.05, 0) is 50.3 Å². The number of anilines is 1. The van der Waals surface area contributed by atoms with Gasteiger partial charge in [0.2, 0.25) is 11.2 Å². The van der Waals surface area contributed by atoms with E-state index in [2.05, 4.69) is 37.2 Å². The summed E-state index contributed by atoms with van der Waals surface area (Å²) in [6.45, 7) is 14.5. The number of rotatable bonds is 46. The third kappa shape index (κ3) is 23.1. The summed E-state index contributed by atoms with van der Waals surface area (Å²) in [6.07, 6.45) is 50.0. The Morgan fingerprint density at radius 1 is 0.382 bits per heavy atom. The highest BCUT2D eigenvalue weighted by atomic mass is 19.2. The second-order valence-corrected chi connectivity index (χ2v) is 22.9. The fourth-order valence-corrected chi connectivity index (χ4v) is 11.5. The second-order valence-electron chi connectivity index (χ2n) is 22.9. The molecule has 0 saturated heterocycles. The van der Waals surface area contributed by atoms with Gasteiger partial charge in [0.1, 0.15) is 24.4 Å². The first-order chi connectivity index (χ1) is 37.2. The van der Waals surface area contributed by atoms with Crippen LogP contribution in [0.25, 0.3) is 33.4 Å². The van der Waals surface area contributed by atoms with Crippen molar-refractivity contribution in [2.24, 2.45) is 0 Å². The molecular formula is C68H108F5N2O+. The lowest BCUT2D eigenvalue weighted by Gasteiger charge is -2.28. The van der Waals surface area contributed by atoms with Gasteiger partial charge in [-0.3, -0.25) is 0 Å². The van der Waals surface area contributed by atoms with Crippen molar-refractivity contribution in [3.05, 3.63) is 70.3 Å². The fourth-order valence-electron chi connectivity index (χ4n) is 11.5. The summed E-state index contributed by atoms with van der Waals surface area (Å²) >= 11 is 0. The van der Waals surface area contributed by atoms with E-state index in [0.717, 1.165) is 94.2 Å². The minimum absolute atomic E-state index is 0.0304. The molecule has 0 saturated carbocycles. The van der Waals surface area contributed by atoms with Gasteiger partial charge >= 0.3 is 0 Å². The van der Waals surface area contributed by atoms with Crippen molar-refractivity contribution in [2.75, 3.05) is 31.1 Å². The molecule has 0 radical (unpaired) electrons. The summed E-state index contributed by atoms with van der Waals surface area (Å²) < 4.78 is 86.8. The minimum atomic E-state index is -2.15. The van der Waals surface area contributed by atoms with Crippen molar-refractivity contribution in [2.45, 2.75) is 291 Å². The highest BCUT2D eigenvalue weighted by Crippen LogP contribution is 2.45. The Morgan fingerprint density at radius 3 is 1.11 bits per heavy atom. The quantitative estimate of drug-likeness (QED) is 0.0110. The van der Waals surface area contributed by atoms with Crippen molar-refractivity contribution >= 4 is 16.7 Å². The molecule has 0 spiro atoms. The summed E-state index contributed by atoms with van der Waals surface area (Å²) in [4.78, 5) is 2.46. The van der Waals surface area contributed by atoms with Gasteiger partial charge in [0, 0.05) is 60.3 Å². The molecule has 1 heterocycles. The number of unbranched alkanes of at least 4 members (excludes halogenated alkanes) is 36. The molecule has 0 fully saturated rings. The lowest BCUT2D eigenvalue weighted by Crippen LogP contribution is -2.32. The summed E-state index contributed by atoms with van der Waals surface area (Å²) in [6, 6.07) is 9.50. The second kappa shape index (κ2) is 39.9. The monoisotopic (exact) mass is 1060 g/mol. The molecule has 0 bridgehead atoms. The molecule has 1 aliphatic heterocycles. The molecule has 430 valence electrons. The molecule has 0 atom stereocenters. The summed E-state index contributed by atoms with van der Waals surface area (Å²) in [5.41, 5.74) is 1.61. The van der Waals surface area contributed by atoms with E-state index < -0.39 is 34.6 Å². The smallest absolute Gasteiger partial charge is 0.203 e. The summed E-state index contributed by atoms with van der Waals surface area (Å²) in [5.74, 6) is -9.34. The molecule has 76 heavy (non-hydrogen) atoms. The standard InChI is InChI=1S/C68H108F5N2O/c1-6-10-14-18-22-26-30-34-38-42-48-74(49-43-39-35-31-27-23-19-15-11-7-2)56-46-47-57-60(53-56)76-61-54-59(55(5)52-58(61)62(57)63-64(69)66(71)68(73)67(72)65(63)70)75(50-44-40-36-32-28-24-20-16-12-8-3)51-45-41-37-33-29-25-21-17-13-9-4/h46-47,52-54H,6-45,48-51H2,1-5H3/q+1. The zero-order valence-corrected chi connectivity index (χ0v) is 49.2. The van der Waals surface area contributed by atoms with Gasteiger partial charge in [0.05, 0.1) is 11.6 Å². The Balaban J connectivity index is 1.72. The van der Waals surface area contributed by atoms with Crippen molar-refractivity contribution in [1.82, 2.24) is 4.58 Å². The molecule has 2 aliphatic rings. The van der Waals surface area contributed by atoms with Crippen LogP contribution in [0.4, 0.5) is 27.6 Å². The lowest BCUT2D eigenvalue weighted by molar-refractivity contribution is 0.381. The zero-order chi connectivity index (χ0) is 54.6. The predicted molar refractivity (Wildman–Crippen MR) is 317 cm³/mol. The van der Waals surface area contributed by atoms with Gasteiger partial charge in [0.25, 0.3) is 0 Å². The third-order valence-electron chi connectivity index (χ3n) is 16.3. The first-order valence-corrected chi connectivity index (χ1v) is 32.0. The Labute approximate surface area is 461 Å². The van der Waals surface area contributed by atoms with E-state index in [1.165, 1.54) is 205 Å². The highest BCUT2D eigenvalue weighted by molar-refractivity contribution is 6.03. The Bertz CT molecular complexity index is 2120. The first-order valence-electron chi connectivity index (χ1n) is 32.0. The van der Waals surface area contributed by atoms with E-state index >= 15 is 17.6 Å². The Hall–Kier alpha value is -3.42. The van der Waals surface area contributed by atoms with Gasteiger partial charge in [0.15, 0.2) is 23.3 Å². The van der Waals surface area contributed by atoms with Crippen LogP contribution in [0, 0.1) is 36.0 Å². The lowest BCUT2D eigenvalue weighted by atomic mass is 9.91. The fraction of sp³-hybridized carbons (Fsp3) is 0.721. The molecule has 2 aromatic carbocycles. The summed E-state index contributed by atoms with van der Waals surface area (Å²) in [7, 11) is 0. The number of aryl methyl sites for hydroxylation is 1. The molecule has 4 rings (SSSR count). The topological polar surface area (TPSA) is 19.4 Å². The van der Waals surface area contributed by atoms with Crippen LogP contribution < -0.4 is 14.8 Å². The summed E-state index contributed by atoms with van der Waals surface area (Å²) in [5, 5.41) is 1.27. The molecule has 2 aromatic rings. The largest absolute Gasteiger partial charge is 0.456 e. The van der Waals surface area contributed by atoms with Crippen LogP contribution in [0.2, 0.25) is 0 Å². The van der Waals surface area contributed by atoms with Gasteiger partial charge in [-0.25, -0.2) is 26.5 Å². The van der Waals surface area contributed by atoms with Crippen molar-refractivity contribution in [3.8, 4) is 22.5 Å². The SMILES string of the molecule is CCCCCCCCCCCCN(CCCCCCCCCCCC)c1cc2oc3cc(=[N+](CCCCCCCCCCCC)CCCCCCCCCCCC)ccc-3c(-c3c(F)c(F)c(F)c(F)c3F)c2cc1C. The van der Waals surface area contributed by atoms with Crippen LogP contribution in [-0.4, -0.2) is 26.2 Å². The van der Waals surface area contributed by atoms with Crippen molar-refractivity contribution < 1.29 is 26.4 Å². The Kier molecular flexibility index (Phi) is 34.1. The molecule has 0 amide bonds. The van der Waals surface area contributed by atoms with Crippen LogP contribution in [0.1, 0.15) is 290 Å². The first kappa shape index (κ1) is 65.1. The minimum Gasteiger partial charge on any atom is -0.456 e. The van der Waals surface area contributed by atoms with E-state index in [9.17, 15) is 4.39 Å². The molecular weight excluding hydrogens is 956 g/mol. The van der Waals surface area contributed by atoms with Gasteiger partial charge in [-0.15, -0.1) is 0 Å². The van der Waals surface area contributed by atoms with Crippen molar-refractivity contribution in [3.63, 3.8) is 0 Å².